The van der Waals surface area contributed by atoms with Crippen LogP contribution in [0.4, 0.5) is 0 Å². The second-order valence-corrected chi connectivity index (χ2v) is 9.59. The van der Waals surface area contributed by atoms with Crippen molar-refractivity contribution >= 4 is 23.5 Å². The largest absolute Gasteiger partial charge is 0.504 e. The minimum atomic E-state index is -0.468. The van der Waals surface area contributed by atoms with E-state index < -0.39 is 11.5 Å². The van der Waals surface area contributed by atoms with Crippen LogP contribution in [0.15, 0.2) is 12.1 Å². The number of benzene rings is 2. The van der Waals surface area contributed by atoms with Gasteiger partial charge < -0.3 is 35.4 Å². The highest BCUT2D eigenvalue weighted by Crippen LogP contribution is 2.42. The lowest BCUT2D eigenvalue weighted by molar-refractivity contribution is 0.127. The molecule has 7 nitrogen and oxygen atoms in total. The zero-order valence-corrected chi connectivity index (χ0v) is 20.8. The Labute approximate surface area is 203 Å². The van der Waals surface area contributed by atoms with Gasteiger partial charge in [0, 0.05) is 35.8 Å². The Morgan fingerprint density at radius 1 is 0.606 bits per heavy atom. The third-order valence-corrected chi connectivity index (χ3v) is 6.60. The molecular formula is C24H34O7S2. The third-order valence-electron chi connectivity index (χ3n) is 5.45. The van der Waals surface area contributed by atoms with Gasteiger partial charge in [0.15, 0.2) is 23.0 Å². The Morgan fingerprint density at radius 2 is 1.00 bits per heavy atom. The number of hydrogen-bond donors (Lipinski definition) is 6. The van der Waals surface area contributed by atoms with E-state index in [2.05, 4.69) is 0 Å². The van der Waals surface area contributed by atoms with Crippen LogP contribution in [0.1, 0.15) is 47.9 Å². The molecule has 0 aliphatic carbocycles. The van der Waals surface area contributed by atoms with Gasteiger partial charge >= 0.3 is 0 Å². The smallest absolute Gasteiger partial charge is 0.200 e. The molecule has 2 aromatic rings. The van der Waals surface area contributed by atoms with Crippen molar-refractivity contribution in [1.29, 1.82) is 0 Å². The third kappa shape index (κ3) is 7.45. The van der Waals surface area contributed by atoms with Gasteiger partial charge in [-0.2, -0.15) is 23.5 Å². The molecule has 0 aliphatic heterocycles. The van der Waals surface area contributed by atoms with E-state index in [1.807, 2.05) is 12.5 Å². The van der Waals surface area contributed by atoms with Gasteiger partial charge in [0.2, 0.25) is 11.5 Å². The van der Waals surface area contributed by atoms with Crippen molar-refractivity contribution in [3.8, 4) is 34.5 Å². The number of phenols is 6. The molecule has 6 N–H and O–H groups in total. The fourth-order valence-electron chi connectivity index (χ4n) is 3.67. The Hall–Kier alpha value is -2.10. The molecule has 2 aromatic carbocycles. The number of rotatable bonds is 14. The molecular weight excluding hydrogens is 464 g/mol. The van der Waals surface area contributed by atoms with Crippen LogP contribution in [0.3, 0.4) is 0 Å². The van der Waals surface area contributed by atoms with Crippen LogP contribution < -0.4 is 0 Å². The summed E-state index contributed by atoms with van der Waals surface area (Å²) in [4.78, 5) is 0. The van der Waals surface area contributed by atoms with Crippen molar-refractivity contribution in [3.63, 3.8) is 0 Å². The van der Waals surface area contributed by atoms with Crippen molar-refractivity contribution in [1.82, 2.24) is 0 Å². The molecule has 9 heteroatoms. The van der Waals surface area contributed by atoms with Crippen LogP contribution in [0.25, 0.3) is 0 Å². The van der Waals surface area contributed by atoms with Crippen molar-refractivity contribution in [2.24, 2.45) is 0 Å². The molecule has 0 aromatic heterocycles. The van der Waals surface area contributed by atoms with E-state index in [0.717, 1.165) is 36.8 Å². The number of aromatic hydroxyl groups is 6. The first-order valence-electron chi connectivity index (χ1n) is 10.9. The van der Waals surface area contributed by atoms with E-state index in [-0.39, 0.29) is 23.0 Å². The highest BCUT2D eigenvalue weighted by Gasteiger charge is 2.17. The fourth-order valence-corrected chi connectivity index (χ4v) is 4.89. The molecule has 0 saturated carbocycles. The average Bonchev–Trinajstić information content (AvgIpc) is 2.79. The lowest BCUT2D eigenvalue weighted by Crippen LogP contribution is -2.01. The first kappa shape index (κ1) is 27.1. The number of ether oxygens (including phenoxy) is 1. The monoisotopic (exact) mass is 498 g/mol. The van der Waals surface area contributed by atoms with Gasteiger partial charge in [-0.15, -0.1) is 0 Å². The van der Waals surface area contributed by atoms with Crippen LogP contribution in [0.5, 0.6) is 34.5 Å². The molecule has 0 atom stereocenters. The van der Waals surface area contributed by atoms with Crippen molar-refractivity contribution in [3.05, 3.63) is 34.4 Å². The van der Waals surface area contributed by atoms with Crippen LogP contribution >= 0.6 is 23.5 Å². The molecule has 0 heterocycles. The SMILES string of the molecule is CSCc1c(CCCCOCCCCc2cc(O)c(O)c(O)c2CSC)cc(O)c(O)c1O. The number of phenolic OH excluding ortho intramolecular Hbond substituents is 6. The molecule has 0 fully saturated rings. The van der Waals surface area contributed by atoms with Crippen molar-refractivity contribution in [2.75, 3.05) is 25.7 Å². The highest BCUT2D eigenvalue weighted by molar-refractivity contribution is 7.98. The Bertz CT molecular complexity index is 845. The molecule has 0 saturated heterocycles. The summed E-state index contributed by atoms with van der Waals surface area (Å²) in [7, 11) is 0. The lowest BCUT2D eigenvalue weighted by atomic mass is 10.0. The summed E-state index contributed by atoms with van der Waals surface area (Å²) >= 11 is 3.08. The lowest BCUT2D eigenvalue weighted by Gasteiger charge is -2.14. The van der Waals surface area contributed by atoms with E-state index in [4.69, 9.17) is 4.74 Å². The fraction of sp³-hybridized carbons (Fsp3) is 0.500. The van der Waals surface area contributed by atoms with E-state index in [1.54, 1.807) is 0 Å². The van der Waals surface area contributed by atoms with Gasteiger partial charge in [-0.25, -0.2) is 0 Å². The molecule has 33 heavy (non-hydrogen) atoms. The number of thioether (sulfide) groups is 2. The molecule has 0 unspecified atom stereocenters. The topological polar surface area (TPSA) is 131 Å². The van der Waals surface area contributed by atoms with Crippen LogP contribution in [0.2, 0.25) is 0 Å². The van der Waals surface area contributed by atoms with Gasteiger partial charge in [-0.1, -0.05) is 0 Å². The summed E-state index contributed by atoms with van der Waals surface area (Å²) in [6.07, 6.45) is 8.50. The summed E-state index contributed by atoms with van der Waals surface area (Å²) in [5.74, 6) is -0.923. The number of aryl methyl sites for hydroxylation is 2. The molecule has 0 bridgehead atoms. The van der Waals surface area contributed by atoms with Crippen LogP contribution in [-0.4, -0.2) is 56.4 Å². The summed E-state index contributed by atoms with van der Waals surface area (Å²) in [5.41, 5.74) is 2.98. The molecule has 2 rings (SSSR count). The normalized spacial score (nSPS) is 11.2. The van der Waals surface area contributed by atoms with Crippen molar-refractivity contribution < 1.29 is 35.4 Å². The second-order valence-electron chi connectivity index (χ2n) is 7.85. The van der Waals surface area contributed by atoms with Gasteiger partial charge in [-0.3, -0.25) is 0 Å². The predicted molar refractivity (Wildman–Crippen MR) is 134 cm³/mol. The molecule has 0 aliphatic rings. The minimum absolute atomic E-state index is 0.244. The molecule has 0 radical (unpaired) electrons. The Kier molecular flexibility index (Phi) is 11.2. The van der Waals surface area contributed by atoms with E-state index in [0.29, 0.717) is 48.7 Å². The molecule has 0 amide bonds. The van der Waals surface area contributed by atoms with Crippen LogP contribution in [0, 0.1) is 0 Å². The van der Waals surface area contributed by atoms with Gasteiger partial charge in [-0.05, 0) is 74.3 Å². The van der Waals surface area contributed by atoms with Gasteiger partial charge in [0.25, 0.3) is 0 Å². The highest BCUT2D eigenvalue weighted by atomic mass is 32.2. The Balaban J connectivity index is 1.72. The molecule has 184 valence electrons. The first-order valence-corrected chi connectivity index (χ1v) is 13.7. The van der Waals surface area contributed by atoms with E-state index in [9.17, 15) is 30.6 Å². The summed E-state index contributed by atoms with van der Waals surface area (Å²) in [6.45, 7) is 1.21. The maximum absolute atomic E-state index is 10.1. The van der Waals surface area contributed by atoms with Gasteiger partial charge in [0.05, 0.1) is 0 Å². The van der Waals surface area contributed by atoms with E-state index in [1.165, 1.54) is 35.7 Å². The maximum atomic E-state index is 10.1. The molecule has 0 spiro atoms. The average molecular weight is 499 g/mol. The quantitative estimate of drug-likeness (QED) is 0.157. The standard InChI is InChI=1S/C24H34O7S2/c1-32-13-17-15(11-19(25)23(29)21(17)27)7-3-5-9-31-10-6-4-8-16-12-20(26)24(30)22(28)18(16)14-33-2/h11-12,25-30H,3-10,13-14H2,1-2H3. The zero-order valence-electron chi connectivity index (χ0n) is 19.1. The van der Waals surface area contributed by atoms with Crippen molar-refractivity contribution in [2.45, 2.75) is 50.0 Å². The summed E-state index contributed by atoms with van der Waals surface area (Å²) < 4.78 is 5.71. The first-order chi connectivity index (χ1) is 15.8. The number of hydrogen-bond acceptors (Lipinski definition) is 9. The minimum Gasteiger partial charge on any atom is -0.504 e. The zero-order chi connectivity index (χ0) is 24.4. The second kappa shape index (κ2) is 13.6. The van der Waals surface area contributed by atoms with Gasteiger partial charge in [0.1, 0.15) is 0 Å². The Morgan fingerprint density at radius 3 is 1.36 bits per heavy atom. The van der Waals surface area contributed by atoms with Crippen LogP contribution in [-0.2, 0) is 29.1 Å². The van der Waals surface area contributed by atoms with E-state index >= 15 is 0 Å². The predicted octanol–water partition coefficient (Wildman–Crippen LogP) is 5.01. The summed E-state index contributed by atoms with van der Waals surface area (Å²) in [5, 5.41) is 59.2. The summed E-state index contributed by atoms with van der Waals surface area (Å²) in [6, 6.07) is 3.04. The number of unbranched alkanes of at least 4 members (excludes halogenated alkanes) is 2. The maximum Gasteiger partial charge on any atom is 0.200 e.